The summed E-state index contributed by atoms with van der Waals surface area (Å²) in [4.78, 5) is 5.03. The Morgan fingerprint density at radius 2 is 2.38 bits per heavy atom. The maximum atomic E-state index is 9.76. The molecule has 0 saturated carbocycles. The normalized spacial score (nSPS) is 10.8. The fourth-order valence-corrected chi connectivity index (χ4v) is 1.19. The van der Waals surface area contributed by atoms with Crippen LogP contribution in [0.25, 0.3) is 0 Å². The summed E-state index contributed by atoms with van der Waals surface area (Å²) in [6.07, 6.45) is 4.31. The van der Waals surface area contributed by atoms with Crippen LogP contribution in [0.1, 0.15) is 5.56 Å². The van der Waals surface area contributed by atoms with E-state index in [0.29, 0.717) is 11.3 Å². The monoisotopic (exact) mass is 218 g/mol. The van der Waals surface area contributed by atoms with Gasteiger partial charge in [-0.3, -0.25) is 0 Å². The highest BCUT2D eigenvalue weighted by atomic mass is 16.5. The van der Waals surface area contributed by atoms with Crippen LogP contribution in [0, 0.1) is 0 Å². The number of methoxy groups -OCH3 is 1. The fourth-order valence-electron chi connectivity index (χ4n) is 1.19. The predicted molar refractivity (Wildman–Crippen MR) is 57.7 cm³/mol. The van der Waals surface area contributed by atoms with E-state index in [2.05, 4.69) is 15.2 Å². The van der Waals surface area contributed by atoms with Gasteiger partial charge >= 0.3 is 0 Å². The van der Waals surface area contributed by atoms with E-state index in [4.69, 9.17) is 4.74 Å². The lowest BCUT2D eigenvalue weighted by molar-refractivity contribution is 0.373. The summed E-state index contributed by atoms with van der Waals surface area (Å²) in [7, 11) is 1.49. The molecule has 0 amide bonds. The van der Waals surface area contributed by atoms with Crippen molar-refractivity contribution in [2.24, 2.45) is 5.10 Å². The van der Waals surface area contributed by atoms with Crippen molar-refractivity contribution in [1.82, 2.24) is 14.9 Å². The molecule has 0 bridgehead atoms. The molecule has 0 spiro atoms. The number of para-hydroxylation sites is 1. The number of nitrogens with zero attached hydrogens (tertiary/aromatic N) is 4. The molecule has 1 aromatic carbocycles. The fraction of sp³-hybridized carbons (Fsp3) is 0.100. The lowest BCUT2D eigenvalue weighted by Crippen LogP contribution is -1.92. The van der Waals surface area contributed by atoms with Gasteiger partial charge in [0.25, 0.3) is 0 Å². The lowest BCUT2D eigenvalue weighted by Gasteiger charge is -2.04. The number of phenolic OH excluding ortho intramolecular Hbond substituents is 1. The maximum absolute atomic E-state index is 9.76. The van der Waals surface area contributed by atoms with E-state index < -0.39 is 0 Å². The molecule has 0 atom stereocenters. The van der Waals surface area contributed by atoms with Crippen molar-refractivity contribution in [3.8, 4) is 11.5 Å². The maximum Gasteiger partial charge on any atom is 0.166 e. The van der Waals surface area contributed by atoms with E-state index in [9.17, 15) is 5.11 Å². The van der Waals surface area contributed by atoms with Gasteiger partial charge in [0.05, 0.1) is 13.3 Å². The summed E-state index contributed by atoms with van der Waals surface area (Å²) in [5.41, 5.74) is 0.551. The second-order valence-electron chi connectivity index (χ2n) is 2.96. The minimum atomic E-state index is 0.0499. The van der Waals surface area contributed by atoms with Crippen LogP contribution in [0.4, 0.5) is 0 Å². The molecule has 0 fully saturated rings. The number of phenols is 1. The van der Waals surface area contributed by atoms with Crippen LogP contribution in [0.15, 0.2) is 36.0 Å². The van der Waals surface area contributed by atoms with Gasteiger partial charge in [0.15, 0.2) is 11.5 Å². The first-order chi connectivity index (χ1) is 7.81. The average molecular weight is 218 g/mol. The highest BCUT2D eigenvalue weighted by Crippen LogP contribution is 2.27. The van der Waals surface area contributed by atoms with Crippen molar-refractivity contribution in [3.63, 3.8) is 0 Å². The summed E-state index contributed by atoms with van der Waals surface area (Å²) in [5.74, 6) is 0.455. The molecule has 0 aliphatic rings. The third kappa shape index (κ3) is 2.00. The van der Waals surface area contributed by atoms with Crippen molar-refractivity contribution in [3.05, 3.63) is 36.4 Å². The van der Waals surface area contributed by atoms with Crippen LogP contribution >= 0.6 is 0 Å². The van der Waals surface area contributed by atoms with Gasteiger partial charge in [-0.1, -0.05) is 6.07 Å². The molecule has 6 heteroatoms. The molecule has 16 heavy (non-hydrogen) atoms. The number of ether oxygens (including phenoxy) is 1. The molecule has 0 aliphatic carbocycles. The molecule has 0 aliphatic heterocycles. The van der Waals surface area contributed by atoms with Crippen molar-refractivity contribution in [2.75, 3.05) is 7.11 Å². The van der Waals surface area contributed by atoms with E-state index in [-0.39, 0.29) is 5.75 Å². The molecule has 2 aromatic rings. The van der Waals surface area contributed by atoms with Gasteiger partial charge < -0.3 is 9.84 Å². The van der Waals surface area contributed by atoms with Crippen LogP contribution in [0.5, 0.6) is 11.5 Å². The number of hydrogen-bond donors (Lipinski definition) is 1. The summed E-state index contributed by atoms with van der Waals surface area (Å²) in [6.45, 7) is 0. The Balaban J connectivity index is 2.28. The zero-order valence-corrected chi connectivity index (χ0v) is 8.61. The van der Waals surface area contributed by atoms with Crippen LogP contribution in [-0.2, 0) is 0 Å². The zero-order chi connectivity index (χ0) is 11.4. The summed E-state index contributed by atoms with van der Waals surface area (Å²) in [5, 5.41) is 17.5. The first-order valence-electron chi connectivity index (χ1n) is 4.56. The second-order valence-corrected chi connectivity index (χ2v) is 2.96. The Hall–Kier alpha value is -2.37. The molecule has 6 nitrogen and oxygen atoms in total. The molecule has 0 saturated heterocycles. The Morgan fingerprint density at radius 3 is 3.06 bits per heavy atom. The molecule has 0 radical (unpaired) electrons. The molecular weight excluding hydrogens is 208 g/mol. The van der Waals surface area contributed by atoms with Gasteiger partial charge in [0.2, 0.25) is 0 Å². The lowest BCUT2D eigenvalue weighted by atomic mass is 10.2. The molecule has 0 unspecified atom stereocenters. The molecule has 1 heterocycles. The van der Waals surface area contributed by atoms with Crippen molar-refractivity contribution in [1.29, 1.82) is 0 Å². The van der Waals surface area contributed by atoms with E-state index in [0.717, 1.165) is 0 Å². The summed E-state index contributed by atoms with van der Waals surface area (Å²) < 4.78 is 4.98. The van der Waals surface area contributed by atoms with Crippen molar-refractivity contribution in [2.45, 2.75) is 0 Å². The minimum Gasteiger partial charge on any atom is -0.504 e. The largest absolute Gasteiger partial charge is 0.504 e. The van der Waals surface area contributed by atoms with Gasteiger partial charge in [-0.2, -0.15) is 5.10 Å². The quantitative estimate of drug-likeness (QED) is 0.776. The first-order valence-corrected chi connectivity index (χ1v) is 4.56. The van der Waals surface area contributed by atoms with Gasteiger partial charge in [-0.25, -0.2) is 4.98 Å². The van der Waals surface area contributed by atoms with Crippen LogP contribution in [-0.4, -0.2) is 33.3 Å². The topological polar surface area (TPSA) is 72.5 Å². The number of benzene rings is 1. The molecule has 2 rings (SSSR count). The summed E-state index contributed by atoms with van der Waals surface area (Å²) in [6, 6.07) is 5.15. The number of aromatic hydroxyl groups is 1. The Kier molecular flexibility index (Phi) is 2.81. The van der Waals surface area contributed by atoms with E-state index in [1.165, 1.54) is 30.8 Å². The third-order valence-corrected chi connectivity index (χ3v) is 1.97. The molecule has 1 aromatic heterocycles. The van der Waals surface area contributed by atoms with Crippen LogP contribution in [0.2, 0.25) is 0 Å². The number of hydrogen-bond acceptors (Lipinski definition) is 5. The Bertz CT molecular complexity index is 494. The number of rotatable bonds is 3. The summed E-state index contributed by atoms with van der Waals surface area (Å²) >= 11 is 0. The standard InChI is InChI=1S/C10H10N4O2/c1-16-9-4-2-3-8(10(9)15)5-12-14-7-11-6-13-14/h2-7,15H,1H3. The second kappa shape index (κ2) is 4.43. The smallest absolute Gasteiger partial charge is 0.166 e. The van der Waals surface area contributed by atoms with E-state index in [1.54, 1.807) is 18.2 Å². The highest BCUT2D eigenvalue weighted by molar-refractivity contribution is 5.84. The highest BCUT2D eigenvalue weighted by Gasteiger charge is 2.04. The molecule has 1 N–H and O–H groups in total. The van der Waals surface area contributed by atoms with Gasteiger partial charge in [-0.15, -0.1) is 9.89 Å². The van der Waals surface area contributed by atoms with Crippen molar-refractivity contribution >= 4 is 6.21 Å². The van der Waals surface area contributed by atoms with Crippen molar-refractivity contribution < 1.29 is 9.84 Å². The third-order valence-electron chi connectivity index (χ3n) is 1.97. The first kappa shape index (κ1) is 10.2. The van der Waals surface area contributed by atoms with E-state index in [1.807, 2.05) is 0 Å². The number of aromatic nitrogens is 3. The van der Waals surface area contributed by atoms with Gasteiger partial charge in [-0.05, 0) is 12.1 Å². The Morgan fingerprint density at radius 1 is 1.50 bits per heavy atom. The van der Waals surface area contributed by atoms with Crippen LogP contribution < -0.4 is 4.74 Å². The zero-order valence-electron chi connectivity index (χ0n) is 8.61. The van der Waals surface area contributed by atoms with E-state index >= 15 is 0 Å². The van der Waals surface area contributed by atoms with Gasteiger partial charge in [0, 0.05) is 5.56 Å². The van der Waals surface area contributed by atoms with Gasteiger partial charge in [0.1, 0.15) is 12.7 Å². The van der Waals surface area contributed by atoms with Crippen LogP contribution in [0.3, 0.4) is 0 Å². The Labute approximate surface area is 91.8 Å². The average Bonchev–Trinajstić information content (AvgIpc) is 2.81. The molecular formula is C10H10N4O2. The minimum absolute atomic E-state index is 0.0499. The SMILES string of the molecule is COc1cccc(C=Nn2cncn2)c1O. The molecule has 82 valence electrons. The predicted octanol–water partition coefficient (Wildman–Crippen LogP) is 0.874.